The van der Waals surface area contributed by atoms with E-state index in [0.717, 1.165) is 18.7 Å². The molecule has 1 unspecified atom stereocenters. The summed E-state index contributed by atoms with van der Waals surface area (Å²) in [6.07, 6.45) is 1.73. The van der Waals surface area contributed by atoms with Gasteiger partial charge >= 0.3 is 0 Å². The Balaban J connectivity index is 2.18. The average molecular weight is 265 g/mol. The first-order chi connectivity index (χ1) is 9.02. The summed E-state index contributed by atoms with van der Waals surface area (Å²) in [6, 6.07) is -0.438. The Morgan fingerprint density at radius 1 is 1.53 bits per heavy atom. The summed E-state index contributed by atoms with van der Waals surface area (Å²) in [5.74, 6) is 0.126. The molecule has 7 nitrogen and oxygen atoms in total. The van der Waals surface area contributed by atoms with E-state index in [4.69, 9.17) is 5.73 Å². The number of anilines is 2. The van der Waals surface area contributed by atoms with Crippen LogP contribution in [0.4, 0.5) is 11.5 Å². The van der Waals surface area contributed by atoms with Crippen molar-refractivity contribution in [2.24, 2.45) is 0 Å². The molecule has 2 heterocycles. The van der Waals surface area contributed by atoms with Gasteiger partial charge < -0.3 is 11.1 Å². The van der Waals surface area contributed by atoms with Crippen LogP contribution in [-0.4, -0.2) is 27.6 Å². The molecule has 0 aromatic carbocycles. The highest BCUT2D eigenvalue weighted by Crippen LogP contribution is 2.24. The van der Waals surface area contributed by atoms with Crippen LogP contribution in [0.25, 0.3) is 0 Å². The Bertz CT molecular complexity index is 508. The lowest BCUT2D eigenvalue weighted by molar-refractivity contribution is -0.133. The normalized spacial score (nSPS) is 19.4. The molecule has 0 spiro atoms. The zero-order valence-electron chi connectivity index (χ0n) is 11.2. The molecule has 1 aliphatic rings. The van der Waals surface area contributed by atoms with E-state index < -0.39 is 6.04 Å². The second-order valence-electron chi connectivity index (χ2n) is 4.72. The van der Waals surface area contributed by atoms with E-state index in [1.807, 2.05) is 13.8 Å². The molecule has 1 aromatic heterocycles. The molecule has 0 saturated carbocycles. The Kier molecular flexibility index (Phi) is 3.73. The van der Waals surface area contributed by atoms with Crippen molar-refractivity contribution < 1.29 is 9.59 Å². The van der Waals surface area contributed by atoms with E-state index in [0.29, 0.717) is 24.3 Å². The minimum absolute atomic E-state index is 0.228. The van der Waals surface area contributed by atoms with Gasteiger partial charge in [0.2, 0.25) is 11.8 Å². The van der Waals surface area contributed by atoms with Crippen LogP contribution in [0.5, 0.6) is 0 Å². The van der Waals surface area contributed by atoms with Crippen LogP contribution in [0.3, 0.4) is 0 Å². The maximum absolute atomic E-state index is 11.7. The fraction of sp³-hybridized carbons (Fsp3) is 0.583. The second-order valence-corrected chi connectivity index (χ2v) is 4.72. The molecular formula is C12H19N5O2. The number of aromatic nitrogens is 2. The molecule has 4 N–H and O–H groups in total. The molecule has 1 aromatic rings. The van der Waals surface area contributed by atoms with Crippen molar-refractivity contribution in [1.29, 1.82) is 0 Å². The summed E-state index contributed by atoms with van der Waals surface area (Å²) in [7, 11) is 0. The zero-order valence-corrected chi connectivity index (χ0v) is 11.2. The standard InChI is InChI=1S/C12H19N5O2/c1-3-6-17-11(10(13)7(2)16-17)14-8-4-5-9(18)15-12(8)19/h8,14H,3-6,13H2,1-2H3,(H,15,18,19). The topological polar surface area (TPSA) is 102 Å². The van der Waals surface area contributed by atoms with Crippen LogP contribution in [0.2, 0.25) is 0 Å². The molecule has 1 fully saturated rings. The van der Waals surface area contributed by atoms with E-state index in [9.17, 15) is 9.59 Å². The SMILES string of the molecule is CCCn1nc(C)c(N)c1NC1CCC(=O)NC1=O. The number of nitrogens with two attached hydrogens (primary N) is 1. The predicted octanol–water partition coefficient (Wildman–Crippen LogP) is 0.401. The van der Waals surface area contributed by atoms with Crippen molar-refractivity contribution in [3.63, 3.8) is 0 Å². The van der Waals surface area contributed by atoms with Gasteiger partial charge in [-0.2, -0.15) is 5.10 Å². The number of hydrogen-bond donors (Lipinski definition) is 3. The van der Waals surface area contributed by atoms with Gasteiger partial charge in [-0.25, -0.2) is 4.68 Å². The predicted molar refractivity (Wildman–Crippen MR) is 71.5 cm³/mol. The van der Waals surface area contributed by atoms with E-state index in [1.165, 1.54) is 0 Å². The number of rotatable bonds is 4. The van der Waals surface area contributed by atoms with Gasteiger partial charge in [-0.1, -0.05) is 6.92 Å². The largest absolute Gasteiger partial charge is 0.394 e. The fourth-order valence-corrected chi connectivity index (χ4v) is 2.12. The summed E-state index contributed by atoms with van der Waals surface area (Å²) < 4.78 is 1.77. The van der Waals surface area contributed by atoms with Gasteiger partial charge in [-0.3, -0.25) is 14.9 Å². The number of hydrogen-bond acceptors (Lipinski definition) is 5. The summed E-state index contributed by atoms with van der Waals surface area (Å²) in [6.45, 7) is 4.60. The van der Waals surface area contributed by atoms with Gasteiger partial charge in [-0.15, -0.1) is 0 Å². The first-order valence-electron chi connectivity index (χ1n) is 6.46. The van der Waals surface area contributed by atoms with E-state index in [1.54, 1.807) is 4.68 Å². The van der Waals surface area contributed by atoms with Crippen molar-refractivity contribution in [1.82, 2.24) is 15.1 Å². The number of carbonyl (C=O) groups is 2. The minimum atomic E-state index is -0.438. The van der Waals surface area contributed by atoms with Crippen LogP contribution >= 0.6 is 0 Å². The molecule has 19 heavy (non-hydrogen) atoms. The molecule has 0 aliphatic carbocycles. The minimum Gasteiger partial charge on any atom is -0.394 e. The molecule has 2 rings (SSSR count). The third kappa shape index (κ3) is 2.69. The average Bonchev–Trinajstić information content (AvgIpc) is 2.61. The summed E-state index contributed by atoms with van der Waals surface area (Å²) in [5, 5.41) is 9.76. The van der Waals surface area contributed by atoms with Gasteiger partial charge in [0.25, 0.3) is 0 Å². The lowest BCUT2D eigenvalue weighted by Crippen LogP contribution is -2.47. The molecule has 1 aliphatic heterocycles. The molecule has 1 saturated heterocycles. The monoisotopic (exact) mass is 265 g/mol. The molecule has 0 bridgehead atoms. The second kappa shape index (κ2) is 5.29. The van der Waals surface area contributed by atoms with Crippen LogP contribution in [-0.2, 0) is 16.1 Å². The summed E-state index contributed by atoms with van der Waals surface area (Å²) >= 11 is 0. The molecule has 1 atom stereocenters. The number of amides is 2. The van der Waals surface area contributed by atoms with Gasteiger partial charge in [-0.05, 0) is 19.8 Å². The van der Waals surface area contributed by atoms with E-state index in [2.05, 4.69) is 15.7 Å². The Labute approximate surface area is 111 Å². The number of nitrogens with one attached hydrogen (secondary N) is 2. The van der Waals surface area contributed by atoms with Crippen LogP contribution in [0.1, 0.15) is 31.9 Å². The lowest BCUT2D eigenvalue weighted by Gasteiger charge is -2.23. The zero-order chi connectivity index (χ0) is 14.0. The van der Waals surface area contributed by atoms with Crippen molar-refractivity contribution in [2.75, 3.05) is 11.1 Å². The maximum atomic E-state index is 11.7. The van der Waals surface area contributed by atoms with Crippen molar-refractivity contribution in [3.8, 4) is 0 Å². The van der Waals surface area contributed by atoms with Crippen LogP contribution < -0.4 is 16.4 Å². The smallest absolute Gasteiger partial charge is 0.249 e. The summed E-state index contributed by atoms with van der Waals surface area (Å²) in [4.78, 5) is 22.8. The lowest BCUT2D eigenvalue weighted by atomic mass is 10.1. The Morgan fingerprint density at radius 3 is 2.89 bits per heavy atom. The van der Waals surface area contributed by atoms with Crippen molar-refractivity contribution in [3.05, 3.63) is 5.69 Å². The highest BCUT2D eigenvalue weighted by molar-refractivity contribution is 6.01. The number of piperidine rings is 1. The molecule has 2 amide bonds. The Morgan fingerprint density at radius 2 is 2.26 bits per heavy atom. The van der Waals surface area contributed by atoms with Crippen LogP contribution in [0.15, 0.2) is 0 Å². The third-order valence-corrected chi connectivity index (χ3v) is 3.16. The van der Waals surface area contributed by atoms with Gasteiger partial charge in [0, 0.05) is 13.0 Å². The summed E-state index contributed by atoms with van der Waals surface area (Å²) in [5.41, 5.74) is 7.27. The number of nitrogen functional groups attached to an aromatic ring is 1. The van der Waals surface area contributed by atoms with Crippen LogP contribution in [0, 0.1) is 6.92 Å². The highest BCUT2D eigenvalue weighted by Gasteiger charge is 2.28. The third-order valence-electron chi connectivity index (χ3n) is 3.16. The fourth-order valence-electron chi connectivity index (χ4n) is 2.12. The number of nitrogens with zero attached hydrogens (tertiary/aromatic N) is 2. The number of aryl methyl sites for hydroxylation is 2. The van der Waals surface area contributed by atoms with E-state index in [-0.39, 0.29) is 11.8 Å². The van der Waals surface area contributed by atoms with Gasteiger partial charge in [0.05, 0.1) is 11.4 Å². The van der Waals surface area contributed by atoms with Crippen molar-refractivity contribution >= 4 is 23.3 Å². The first kappa shape index (κ1) is 13.4. The van der Waals surface area contributed by atoms with Crippen molar-refractivity contribution in [2.45, 2.75) is 45.7 Å². The Hall–Kier alpha value is -2.05. The highest BCUT2D eigenvalue weighted by atomic mass is 16.2. The first-order valence-corrected chi connectivity index (χ1v) is 6.46. The molecular weight excluding hydrogens is 246 g/mol. The molecule has 0 radical (unpaired) electrons. The molecule has 7 heteroatoms. The van der Waals surface area contributed by atoms with Gasteiger partial charge in [0.15, 0.2) is 0 Å². The number of carbonyl (C=O) groups excluding carboxylic acids is 2. The van der Waals surface area contributed by atoms with Gasteiger partial charge in [0.1, 0.15) is 11.9 Å². The van der Waals surface area contributed by atoms with E-state index >= 15 is 0 Å². The maximum Gasteiger partial charge on any atom is 0.249 e. The quantitative estimate of drug-likeness (QED) is 0.684. The number of imide groups is 1. The molecule has 104 valence electrons.